The minimum absolute atomic E-state index is 0.430. The van der Waals surface area contributed by atoms with E-state index < -0.39 is 0 Å². The van der Waals surface area contributed by atoms with Gasteiger partial charge in [-0.05, 0) is 29.3 Å². The van der Waals surface area contributed by atoms with Crippen LogP contribution in [0.5, 0.6) is 0 Å². The Hall–Kier alpha value is -1.43. The summed E-state index contributed by atoms with van der Waals surface area (Å²) in [6.45, 7) is 5.82. The highest BCUT2D eigenvalue weighted by Gasteiger charge is 2.09. The summed E-state index contributed by atoms with van der Waals surface area (Å²) in [5, 5.41) is 0. The van der Waals surface area contributed by atoms with Crippen LogP contribution in [0.1, 0.15) is 19.2 Å². The number of aryl methyl sites for hydroxylation is 1. The molecule has 6 heteroatoms. The van der Waals surface area contributed by atoms with E-state index in [4.69, 9.17) is 5.73 Å². The van der Waals surface area contributed by atoms with Crippen LogP contribution in [0.4, 0.5) is 5.82 Å². The summed E-state index contributed by atoms with van der Waals surface area (Å²) in [7, 11) is 0. The Morgan fingerprint density at radius 1 is 1.44 bits per heavy atom. The zero-order chi connectivity index (χ0) is 11.7. The number of rotatable bonds is 3. The first-order valence-electron chi connectivity index (χ1n) is 4.88. The molecule has 84 valence electrons. The highest BCUT2D eigenvalue weighted by molar-refractivity contribution is 9.10. The maximum absolute atomic E-state index is 5.81. The van der Waals surface area contributed by atoms with Crippen molar-refractivity contribution in [1.82, 2.24) is 19.9 Å². The molecule has 2 rings (SSSR count). The molecule has 2 heterocycles. The first-order valence-corrected chi connectivity index (χ1v) is 5.67. The summed E-state index contributed by atoms with van der Waals surface area (Å²) in [6, 6.07) is 0. The van der Waals surface area contributed by atoms with Crippen LogP contribution in [-0.4, -0.2) is 19.9 Å². The summed E-state index contributed by atoms with van der Waals surface area (Å²) in [6.07, 6.45) is 1.59. The van der Waals surface area contributed by atoms with Crippen LogP contribution >= 0.6 is 15.9 Å². The number of nitrogens with one attached hydrogen (secondary N) is 1. The van der Waals surface area contributed by atoms with E-state index in [1.165, 1.54) is 0 Å². The summed E-state index contributed by atoms with van der Waals surface area (Å²) < 4.78 is 0.612. The van der Waals surface area contributed by atoms with Crippen molar-refractivity contribution in [3.05, 3.63) is 22.7 Å². The lowest BCUT2D eigenvalue weighted by molar-refractivity contribution is 0.862. The summed E-state index contributed by atoms with van der Waals surface area (Å²) in [5.41, 5.74) is 8.18. The molecule has 0 spiro atoms. The van der Waals surface area contributed by atoms with Crippen LogP contribution in [0.25, 0.3) is 11.2 Å². The predicted octanol–water partition coefficient (Wildman–Crippen LogP) is 2.21. The number of hydrogen-bond acceptors (Lipinski definition) is 4. The van der Waals surface area contributed by atoms with Crippen LogP contribution in [-0.2, 0) is 6.42 Å². The van der Waals surface area contributed by atoms with Gasteiger partial charge in [0.15, 0.2) is 16.2 Å². The van der Waals surface area contributed by atoms with Crippen molar-refractivity contribution in [3.8, 4) is 0 Å². The Bertz CT molecular complexity index is 545. The third-order valence-corrected chi connectivity index (χ3v) is 2.55. The minimum Gasteiger partial charge on any atom is -0.382 e. The lowest BCUT2D eigenvalue weighted by Crippen LogP contribution is -2.01. The first kappa shape index (κ1) is 11.1. The second-order valence-corrected chi connectivity index (χ2v) is 4.46. The van der Waals surface area contributed by atoms with Crippen LogP contribution in [0.3, 0.4) is 0 Å². The van der Waals surface area contributed by atoms with Gasteiger partial charge in [-0.3, -0.25) is 0 Å². The van der Waals surface area contributed by atoms with Gasteiger partial charge < -0.3 is 10.7 Å². The van der Waals surface area contributed by atoms with Crippen molar-refractivity contribution in [1.29, 1.82) is 0 Å². The highest BCUT2D eigenvalue weighted by atomic mass is 79.9. The molecule has 0 saturated carbocycles. The van der Waals surface area contributed by atoms with E-state index in [1.807, 2.05) is 6.92 Å². The predicted molar refractivity (Wildman–Crippen MR) is 66.9 cm³/mol. The van der Waals surface area contributed by atoms with Crippen molar-refractivity contribution in [2.75, 3.05) is 5.73 Å². The number of allylic oxidation sites excluding steroid dienone is 1. The van der Waals surface area contributed by atoms with Crippen molar-refractivity contribution in [3.63, 3.8) is 0 Å². The van der Waals surface area contributed by atoms with E-state index in [0.717, 1.165) is 18.4 Å². The number of nitrogen functional groups attached to an aromatic ring is 1. The lowest BCUT2D eigenvalue weighted by atomic mass is 10.2. The number of halogens is 1. The summed E-state index contributed by atoms with van der Waals surface area (Å²) >= 11 is 3.24. The third-order valence-electron chi connectivity index (χ3n) is 2.17. The molecule has 2 aromatic heterocycles. The number of nitrogens with zero attached hydrogens (tertiary/aromatic N) is 3. The van der Waals surface area contributed by atoms with E-state index in [0.29, 0.717) is 27.5 Å². The SMILES string of the molecule is C=C(C)CCc1nc(N)c2[nH]c(Br)nc2n1. The fraction of sp³-hybridized carbons (Fsp3) is 0.300. The van der Waals surface area contributed by atoms with Gasteiger partial charge in [0, 0.05) is 6.42 Å². The van der Waals surface area contributed by atoms with Crippen molar-refractivity contribution in [2.45, 2.75) is 19.8 Å². The monoisotopic (exact) mass is 281 g/mol. The molecule has 0 atom stereocenters. The average Bonchev–Trinajstić information content (AvgIpc) is 2.56. The molecule has 0 aliphatic heterocycles. The second kappa shape index (κ2) is 4.21. The van der Waals surface area contributed by atoms with Gasteiger partial charge in [-0.1, -0.05) is 5.57 Å². The minimum atomic E-state index is 0.430. The molecule has 0 radical (unpaired) electrons. The topological polar surface area (TPSA) is 80.5 Å². The zero-order valence-electron chi connectivity index (χ0n) is 8.92. The Morgan fingerprint density at radius 2 is 2.19 bits per heavy atom. The molecule has 0 aliphatic carbocycles. The number of anilines is 1. The van der Waals surface area contributed by atoms with Crippen LogP contribution in [0, 0.1) is 0 Å². The molecule has 16 heavy (non-hydrogen) atoms. The summed E-state index contributed by atoms with van der Waals surface area (Å²) in [5.74, 6) is 1.13. The number of fused-ring (bicyclic) bond motifs is 1. The average molecular weight is 282 g/mol. The maximum atomic E-state index is 5.81. The normalized spacial score (nSPS) is 10.9. The van der Waals surface area contributed by atoms with E-state index in [1.54, 1.807) is 0 Å². The second-order valence-electron chi connectivity index (χ2n) is 3.71. The van der Waals surface area contributed by atoms with Crippen LogP contribution in [0.15, 0.2) is 16.9 Å². The van der Waals surface area contributed by atoms with Crippen LogP contribution < -0.4 is 5.73 Å². The standard InChI is InChI=1S/C10H12BrN5/c1-5(2)3-4-6-13-8(12)7-9(14-6)16-10(11)15-7/h1,3-4H2,2H3,(H3,12,13,14,15,16). The Labute approximate surface area is 101 Å². The quantitative estimate of drug-likeness (QED) is 0.668. The molecule has 0 fully saturated rings. The van der Waals surface area contributed by atoms with Gasteiger partial charge in [-0.15, -0.1) is 6.58 Å². The molecule has 0 saturated heterocycles. The molecule has 3 N–H and O–H groups in total. The molecular weight excluding hydrogens is 270 g/mol. The van der Waals surface area contributed by atoms with Gasteiger partial charge in [0.25, 0.3) is 0 Å². The number of imidazole rings is 1. The Kier molecular flexibility index (Phi) is 2.91. The smallest absolute Gasteiger partial charge is 0.184 e. The van der Waals surface area contributed by atoms with Gasteiger partial charge in [-0.25, -0.2) is 15.0 Å². The van der Waals surface area contributed by atoms with Gasteiger partial charge in [0.1, 0.15) is 11.3 Å². The van der Waals surface area contributed by atoms with Crippen molar-refractivity contribution < 1.29 is 0 Å². The Morgan fingerprint density at radius 3 is 2.88 bits per heavy atom. The molecule has 0 aliphatic rings. The van der Waals surface area contributed by atoms with Crippen LogP contribution in [0.2, 0.25) is 0 Å². The zero-order valence-corrected chi connectivity index (χ0v) is 10.5. The summed E-state index contributed by atoms with van der Waals surface area (Å²) in [4.78, 5) is 15.7. The molecule has 2 aromatic rings. The van der Waals surface area contributed by atoms with Gasteiger partial charge >= 0.3 is 0 Å². The number of H-pyrrole nitrogens is 1. The molecule has 0 amide bonds. The van der Waals surface area contributed by atoms with Crippen molar-refractivity contribution >= 4 is 32.9 Å². The van der Waals surface area contributed by atoms with E-state index in [-0.39, 0.29) is 0 Å². The number of nitrogens with two attached hydrogens (primary N) is 1. The fourth-order valence-electron chi connectivity index (χ4n) is 1.37. The lowest BCUT2D eigenvalue weighted by Gasteiger charge is -2.01. The maximum Gasteiger partial charge on any atom is 0.184 e. The largest absolute Gasteiger partial charge is 0.382 e. The molecule has 0 aromatic carbocycles. The van der Waals surface area contributed by atoms with Gasteiger partial charge in [-0.2, -0.15) is 0 Å². The molecular formula is C10H12BrN5. The number of hydrogen-bond donors (Lipinski definition) is 2. The number of aromatic nitrogens is 4. The van der Waals surface area contributed by atoms with E-state index >= 15 is 0 Å². The number of aromatic amines is 1. The third kappa shape index (κ3) is 2.21. The highest BCUT2D eigenvalue weighted by Crippen LogP contribution is 2.18. The van der Waals surface area contributed by atoms with Gasteiger partial charge in [0.2, 0.25) is 0 Å². The van der Waals surface area contributed by atoms with E-state index in [9.17, 15) is 0 Å². The fourth-order valence-corrected chi connectivity index (χ4v) is 1.74. The van der Waals surface area contributed by atoms with E-state index in [2.05, 4.69) is 42.4 Å². The molecule has 0 bridgehead atoms. The first-order chi connectivity index (χ1) is 7.56. The molecule has 5 nitrogen and oxygen atoms in total. The van der Waals surface area contributed by atoms with Crippen molar-refractivity contribution in [2.24, 2.45) is 0 Å². The Balaban J connectivity index is 2.37. The molecule has 0 unspecified atom stereocenters. The van der Waals surface area contributed by atoms with Gasteiger partial charge in [0.05, 0.1) is 0 Å².